The van der Waals surface area contributed by atoms with Gasteiger partial charge in [-0.1, -0.05) is 13.8 Å². The summed E-state index contributed by atoms with van der Waals surface area (Å²) in [4.78, 5) is 0. The van der Waals surface area contributed by atoms with Gasteiger partial charge in [-0.15, -0.1) is 0 Å². The average molecular weight is 356 g/mol. The molecule has 3 N–H and O–H groups in total. The molecular formula is C13H17IN4. The van der Waals surface area contributed by atoms with Gasteiger partial charge in [-0.25, -0.2) is 0 Å². The predicted molar refractivity (Wildman–Crippen MR) is 84.2 cm³/mol. The summed E-state index contributed by atoms with van der Waals surface area (Å²) in [6.45, 7) is 4.26. The van der Waals surface area contributed by atoms with Crippen molar-refractivity contribution < 1.29 is 0 Å². The van der Waals surface area contributed by atoms with Gasteiger partial charge in [0.2, 0.25) is 0 Å². The first-order chi connectivity index (χ1) is 8.47. The number of nitrogens with one attached hydrogen (secondary N) is 1. The third kappa shape index (κ3) is 2.77. The number of benzene rings is 1. The molecule has 0 radical (unpaired) electrons. The highest BCUT2D eigenvalue weighted by molar-refractivity contribution is 14.1. The second kappa shape index (κ2) is 5.17. The van der Waals surface area contributed by atoms with Crippen LogP contribution in [0.1, 0.15) is 25.5 Å². The molecule has 0 unspecified atom stereocenters. The Balaban J connectivity index is 2.33. The second-order valence-corrected chi connectivity index (χ2v) is 5.86. The topological polar surface area (TPSA) is 55.9 Å². The molecule has 2 aromatic rings. The lowest BCUT2D eigenvalue weighted by molar-refractivity contribution is 0.713. The Hall–Kier alpha value is -1.24. The first-order valence-electron chi connectivity index (χ1n) is 5.83. The van der Waals surface area contributed by atoms with Crippen molar-refractivity contribution in [3.63, 3.8) is 0 Å². The normalized spacial score (nSPS) is 10.9. The van der Waals surface area contributed by atoms with Crippen LogP contribution in [-0.4, -0.2) is 9.78 Å². The molecule has 2 rings (SSSR count). The molecule has 0 aliphatic carbocycles. The summed E-state index contributed by atoms with van der Waals surface area (Å²) < 4.78 is 2.95. The van der Waals surface area contributed by atoms with E-state index in [0.717, 1.165) is 26.3 Å². The highest BCUT2D eigenvalue weighted by atomic mass is 127. The molecule has 0 spiro atoms. The number of halogens is 1. The van der Waals surface area contributed by atoms with E-state index in [9.17, 15) is 0 Å². The quantitative estimate of drug-likeness (QED) is 0.654. The van der Waals surface area contributed by atoms with Crippen LogP contribution in [0.2, 0.25) is 0 Å². The molecule has 18 heavy (non-hydrogen) atoms. The van der Waals surface area contributed by atoms with E-state index in [2.05, 4.69) is 46.9 Å². The molecule has 0 saturated carbocycles. The summed E-state index contributed by atoms with van der Waals surface area (Å²) in [6, 6.07) is 5.98. The fourth-order valence-electron chi connectivity index (χ4n) is 1.82. The van der Waals surface area contributed by atoms with Crippen molar-refractivity contribution in [1.29, 1.82) is 0 Å². The molecule has 0 atom stereocenters. The van der Waals surface area contributed by atoms with Crippen LogP contribution < -0.4 is 11.1 Å². The Labute approximate surface area is 121 Å². The number of hydrogen-bond acceptors (Lipinski definition) is 3. The van der Waals surface area contributed by atoms with E-state index in [1.807, 2.05) is 36.1 Å². The van der Waals surface area contributed by atoms with Crippen molar-refractivity contribution in [2.75, 3.05) is 11.1 Å². The Kier molecular flexibility index (Phi) is 3.79. The van der Waals surface area contributed by atoms with E-state index in [4.69, 9.17) is 5.73 Å². The van der Waals surface area contributed by atoms with E-state index >= 15 is 0 Å². The molecule has 0 bridgehead atoms. The van der Waals surface area contributed by atoms with E-state index in [-0.39, 0.29) is 0 Å². The number of nitrogens with zero attached hydrogens (tertiary/aromatic N) is 2. The summed E-state index contributed by atoms with van der Waals surface area (Å²) >= 11 is 2.25. The van der Waals surface area contributed by atoms with Crippen molar-refractivity contribution in [3.8, 4) is 0 Å². The Morgan fingerprint density at radius 2 is 2.06 bits per heavy atom. The number of nitrogen functional groups attached to an aromatic ring is 1. The first-order valence-corrected chi connectivity index (χ1v) is 6.91. The van der Waals surface area contributed by atoms with Gasteiger partial charge in [-0.2, -0.15) is 5.10 Å². The van der Waals surface area contributed by atoms with Gasteiger partial charge in [0.05, 0.1) is 22.8 Å². The van der Waals surface area contributed by atoms with Gasteiger partial charge in [-0.3, -0.25) is 4.68 Å². The highest BCUT2D eigenvalue weighted by Gasteiger charge is 2.12. The summed E-state index contributed by atoms with van der Waals surface area (Å²) in [5, 5.41) is 7.82. The van der Waals surface area contributed by atoms with Crippen LogP contribution in [0.4, 0.5) is 17.1 Å². The van der Waals surface area contributed by atoms with E-state index < -0.39 is 0 Å². The maximum Gasteiger partial charge on any atom is 0.0884 e. The molecule has 0 aliphatic rings. The number of aromatic nitrogens is 2. The molecule has 96 valence electrons. The number of rotatable bonds is 3. The van der Waals surface area contributed by atoms with Gasteiger partial charge in [0.15, 0.2) is 0 Å². The predicted octanol–water partition coefficient (Wildman–Crippen LogP) is 3.47. The molecule has 0 fully saturated rings. The standard InChI is InChI=1S/C13H17IN4/c1-8(2)13-12(7-18(3)17-13)16-11-5-4-9(14)6-10(11)15/h4-8,16H,15H2,1-3H3. The molecule has 5 heteroatoms. The minimum absolute atomic E-state index is 0.374. The largest absolute Gasteiger partial charge is 0.397 e. The summed E-state index contributed by atoms with van der Waals surface area (Å²) in [6.07, 6.45) is 1.98. The van der Waals surface area contributed by atoms with Gasteiger partial charge in [-0.05, 0) is 46.7 Å². The zero-order valence-corrected chi connectivity index (χ0v) is 12.9. The summed E-state index contributed by atoms with van der Waals surface area (Å²) in [5.74, 6) is 0.374. The maximum absolute atomic E-state index is 6.01. The smallest absolute Gasteiger partial charge is 0.0884 e. The van der Waals surface area contributed by atoms with Crippen LogP contribution in [0, 0.1) is 3.57 Å². The Morgan fingerprint density at radius 1 is 1.33 bits per heavy atom. The molecule has 1 heterocycles. The SMILES string of the molecule is CC(C)c1nn(C)cc1Nc1ccc(I)cc1N. The molecule has 4 nitrogen and oxygen atoms in total. The van der Waals surface area contributed by atoms with Crippen molar-refractivity contribution in [2.45, 2.75) is 19.8 Å². The van der Waals surface area contributed by atoms with Crippen LogP contribution in [0.5, 0.6) is 0 Å². The average Bonchev–Trinajstić information content (AvgIpc) is 2.64. The Morgan fingerprint density at radius 3 is 2.67 bits per heavy atom. The molecule has 1 aromatic heterocycles. The van der Waals surface area contributed by atoms with Crippen molar-refractivity contribution in [2.24, 2.45) is 7.05 Å². The maximum atomic E-state index is 6.01. The van der Waals surface area contributed by atoms with E-state index in [1.165, 1.54) is 0 Å². The van der Waals surface area contributed by atoms with E-state index in [1.54, 1.807) is 0 Å². The first kappa shape index (κ1) is 13.2. The second-order valence-electron chi connectivity index (χ2n) is 4.61. The number of nitrogens with two attached hydrogens (primary N) is 1. The van der Waals surface area contributed by atoms with Crippen molar-refractivity contribution >= 4 is 39.7 Å². The highest BCUT2D eigenvalue weighted by Crippen LogP contribution is 2.29. The lowest BCUT2D eigenvalue weighted by atomic mass is 10.1. The molecule has 1 aromatic carbocycles. The summed E-state index contributed by atoms with van der Waals surface area (Å²) in [5.41, 5.74) is 9.75. The number of aryl methyl sites for hydroxylation is 1. The fourth-order valence-corrected chi connectivity index (χ4v) is 2.34. The zero-order valence-electron chi connectivity index (χ0n) is 10.7. The molecule has 0 saturated heterocycles. The lowest BCUT2D eigenvalue weighted by Crippen LogP contribution is -1.99. The van der Waals surface area contributed by atoms with Crippen molar-refractivity contribution in [1.82, 2.24) is 9.78 Å². The third-order valence-corrected chi connectivity index (χ3v) is 3.36. The van der Waals surface area contributed by atoms with Gasteiger partial charge >= 0.3 is 0 Å². The number of hydrogen-bond donors (Lipinski definition) is 2. The minimum atomic E-state index is 0.374. The molecular weight excluding hydrogens is 339 g/mol. The van der Waals surface area contributed by atoms with Crippen LogP contribution in [0.25, 0.3) is 0 Å². The monoisotopic (exact) mass is 356 g/mol. The van der Waals surface area contributed by atoms with Gasteiger partial charge in [0.25, 0.3) is 0 Å². The van der Waals surface area contributed by atoms with Gasteiger partial charge in [0, 0.05) is 16.8 Å². The third-order valence-electron chi connectivity index (χ3n) is 2.69. The van der Waals surface area contributed by atoms with Crippen LogP contribution in [0.3, 0.4) is 0 Å². The zero-order chi connectivity index (χ0) is 13.3. The molecule has 0 aliphatic heterocycles. The Bertz CT molecular complexity index is 560. The van der Waals surface area contributed by atoms with Crippen LogP contribution >= 0.6 is 22.6 Å². The summed E-state index contributed by atoms with van der Waals surface area (Å²) in [7, 11) is 1.92. The van der Waals surface area contributed by atoms with Crippen LogP contribution in [-0.2, 0) is 7.05 Å². The van der Waals surface area contributed by atoms with Gasteiger partial charge < -0.3 is 11.1 Å². The molecule has 0 amide bonds. The number of anilines is 3. The fraction of sp³-hybridized carbons (Fsp3) is 0.308. The van der Waals surface area contributed by atoms with Crippen LogP contribution in [0.15, 0.2) is 24.4 Å². The van der Waals surface area contributed by atoms with Gasteiger partial charge in [0.1, 0.15) is 0 Å². The van der Waals surface area contributed by atoms with E-state index in [0.29, 0.717) is 5.92 Å². The minimum Gasteiger partial charge on any atom is -0.397 e. The van der Waals surface area contributed by atoms with Crippen molar-refractivity contribution in [3.05, 3.63) is 33.7 Å². The lowest BCUT2D eigenvalue weighted by Gasteiger charge is -2.10.